The zero-order valence-corrected chi connectivity index (χ0v) is 41.0. The number of rotatable bonds is 6. The number of para-hydroxylation sites is 1. The van der Waals surface area contributed by atoms with Crippen molar-refractivity contribution < 1.29 is 37.4 Å². The van der Waals surface area contributed by atoms with Gasteiger partial charge in [-0.15, -0.1) is 48.0 Å². The van der Waals surface area contributed by atoms with E-state index < -0.39 is 6.85 Å². The summed E-state index contributed by atoms with van der Waals surface area (Å²) < 4.78 is 53.7. The molecule has 68 heavy (non-hydrogen) atoms. The molecule has 0 fully saturated rings. The average Bonchev–Trinajstić information content (AvgIpc) is 4.03. The minimum absolute atomic E-state index is 0. The zero-order chi connectivity index (χ0) is 49.2. The van der Waals surface area contributed by atoms with Crippen LogP contribution in [0.5, 0.6) is 0 Å². The molecule has 1 radical (unpaired) electrons. The molecular formula is C59H48FIrN5O2-2. The number of fused-ring (bicyclic) bond motifs is 7. The summed E-state index contributed by atoms with van der Waals surface area (Å²) in [5, 5.41) is 12.9. The molecule has 4 heterocycles. The second-order valence-electron chi connectivity index (χ2n) is 18.5. The molecule has 9 heteroatoms. The second-order valence-corrected chi connectivity index (χ2v) is 18.5. The van der Waals surface area contributed by atoms with Gasteiger partial charge in [-0.3, -0.25) is 19.3 Å². The third-order valence-corrected chi connectivity index (χ3v) is 12.2. The number of imidazole rings is 1. The Balaban J connectivity index is 0.000000294. The Morgan fingerprint density at radius 2 is 1.46 bits per heavy atom. The SMILES string of the molecule is CC(C)(C)c1ccnc(-c2[c-]cc(F)cc2)n1.[2H]C([2H])([2H])c1cccc2nc(-c3[c-]ccc4c3oc3cc5c(cc34)oc3cc(C#N)ccc35)n(-c3c(C(C)C)cc(-c4ccccc4)cc3C(C)C)c12.[Ir]. The quantitative estimate of drug-likeness (QED) is 0.154. The maximum absolute atomic E-state index is 12.8. The summed E-state index contributed by atoms with van der Waals surface area (Å²) in [4.78, 5) is 13.9. The predicted molar refractivity (Wildman–Crippen MR) is 268 cm³/mol. The summed E-state index contributed by atoms with van der Waals surface area (Å²) in [5.74, 6) is 1.02. The summed E-state index contributed by atoms with van der Waals surface area (Å²) in [6, 6.07) is 48.1. The summed E-state index contributed by atoms with van der Waals surface area (Å²) in [6.07, 6.45) is 1.72. The van der Waals surface area contributed by atoms with E-state index in [0.29, 0.717) is 61.7 Å². The molecule has 0 atom stereocenters. The van der Waals surface area contributed by atoms with Crippen LogP contribution in [0.3, 0.4) is 0 Å². The fourth-order valence-corrected chi connectivity index (χ4v) is 8.82. The first-order valence-corrected chi connectivity index (χ1v) is 22.4. The van der Waals surface area contributed by atoms with Crippen LogP contribution in [0, 0.1) is 36.1 Å². The Kier molecular flexibility index (Phi) is 11.2. The number of nitrogens with zero attached hydrogens (tertiary/aromatic N) is 5. The van der Waals surface area contributed by atoms with E-state index in [1.807, 2.05) is 60.7 Å². The first-order chi connectivity index (χ1) is 33.5. The molecular weight excluding hydrogens is 1020 g/mol. The van der Waals surface area contributed by atoms with E-state index in [9.17, 15) is 9.65 Å². The van der Waals surface area contributed by atoms with Crippen molar-refractivity contribution in [2.24, 2.45) is 0 Å². The summed E-state index contributed by atoms with van der Waals surface area (Å²) >= 11 is 0. The van der Waals surface area contributed by atoms with Crippen molar-refractivity contribution in [3.05, 3.63) is 179 Å². The topological polar surface area (TPSA) is 93.7 Å². The van der Waals surface area contributed by atoms with Gasteiger partial charge in [0.1, 0.15) is 16.7 Å². The van der Waals surface area contributed by atoms with Crippen LogP contribution in [0.2, 0.25) is 0 Å². The molecule has 11 aromatic rings. The smallest absolute Gasteiger partial charge is 0.136 e. The Bertz CT molecular complexity index is 3810. The molecule has 7 aromatic carbocycles. The average molecular weight is 1070 g/mol. The normalized spacial score (nSPS) is 12.6. The van der Waals surface area contributed by atoms with Crippen molar-refractivity contribution in [2.75, 3.05) is 0 Å². The molecule has 0 saturated heterocycles. The fraction of sp³-hybridized carbons (Fsp3) is 0.186. The first-order valence-electron chi connectivity index (χ1n) is 23.9. The summed E-state index contributed by atoms with van der Waals surface area (Å²) in [7, 11) is 0. The third-order valence-electron chi connectivity index (χ3n) is 12.2. The van der Waals surface area contributed by atoms with Crippen molar-refractivity contribution in [3.63, 3.8) is 0 Å². The number of benzene rings is 7. The van der Waals surface area contributed by atoms with Crippen LogP contribution in [0.1, 0.15) is 92.4 Å². The third kappa shape index (κ3) is 8.29. The molecule has 0 aliphatic carbocycles. The zero-order valence-electron chi connectivity index (χ0n) is 41.6. The second kappa shape index (κ2) is 18.1. The number of nitriles is 1. The fourth-order valence-electron chi connectivity index (χ4n) is 8.82. The Morgan fingerprint density at radius 3 is 2.13 bits per heavy atom. The van der Waals surface area contributed by atoms with Crippen molar-refractivity contribution in [3.8, 4) is 45.7 Å². The van der Waals surface area contributed by atoms with Gasteiger partial charge in [-0.05, 0) is 101 Å². The van der Waals surface area contributed by atoms with Gasteiger partial charge in [0.25, 0.3) is 0 Å². The Morgan fingerprint density at radius 1 is 0.735 bits per heavy atom. The molecule has 4 aromatic heterocycles. The molecule has 0 amide bonds. The number of hydrogen-bond acceptors (Lipinski definition) is 6. The van der Waals surface area contributed by atoms with Gasteiger partial charge >= 0.3 is 0 Å². The van der Waals surface area contributed by atoms with Crippen LogP contribution in [0.15, 0.2) is 142 Å². The monoisotopic (exact) mass is 1070 g/mol. The molecule has 0 aliphatic rings. The van der Waals surface area contributed by atoms with Gasteiger partial charge in [-0.1, -0.05) is 102 Å². The van der Waals surface area contributed by atoms with Crippen LogP contribution >= 0.6 is 0 Å². The number of hydrogen-bond donors (Lipinski definition) is 0. The van der Waals surface area contributed by atoms with Crippen molar-refractivity contribution >= 4 is 54.9 Å². The van der Waals surface area contributed by atoms with E-state index in [0.717, 1.165) is 55.2 Å². The molecule has 0 aliphatic heterocycles. The molecule has 0 bridgehead atoms. The molecule has 0 unspecified atom stereocenters. The van der Waals surface area contributed by atoms with Gasteiger partial charge < -0.3 is 13.4 Å². The molecule has 0 spiro atoms. The van der Waals surface area contributed by atoms with Crippen molar-refractivity contribution in [2.45, 2.75) is 72.6 Å². The molecule has 0 N–H and O–H groups in total. The van der Waals surface area contributed by atoms with E-state index in [1.54, 1.807) is 36.5 Å². The maximum atomic E-state index is 12.8. The minimum Gasteiger partial charge on any atom is -0.501 e. The summed E-state index contributed by atoms with van der Waals surface area (Å²) in [5.41, 5.74) is 12.1. The predicted octanol–water partition coefficient (Wildman–Crippen LogP) is 15.8. The minimum atomic E-state index is -2.39. The van der Waals surface area contributed by atoms with Crippen LogP contribution in [0.25, 0.3) is 94.5 Å². The van der Waals surface area contributed by atoms with Gasteiger partial charge in [-0.25, -0.2) is 0 Å². The van der Waals surface area contributed by atoms with E-state index in [2.05, 4.69) is 105 Å². The van der Waals surface area contributed by atoms with Gasteiger partial charge in [0.15, 0.2) is 0 Å². The van der Waals surface area contributed by atoms with Crippen molar-refractivity contribution in [1.29, 1.82) is 5.26 Å². The number of halogens is 1. The van der Waals surface area contributed by atoms with Crippen LogP contribution < -0.4 is 0 Å². The Labute approximate surface area is 412 Å². The maximum Gasteiger partial charge on any atom is 0.136 e. The van der Waals surface area contributed by atoms with Gasteiger partial charge in [0.05, 0.1) is 39.9 Å². The standard InChI is InChI=1S/C45H34N3O2.C14H14FN2.Ir/c1-25(2)34-20-30(29-12-7-6-8-13-29)21-35(26(3)4)43(34)48-42-27(5)11-9-16-38(42)47-45(48)33-15-10-14-32-37-23-40-36(22-41(37)50-44(32)33)31-18-17-28(24-46)19-39(31)49-40;1-14(2,3)12-8-9-16-13(17-12)10-4-6-11(15)7-5-10;/h6-14,16-23,25-26H,1-5H3;4,6-9H,1-3H3;/q2*-1;/i5D3;;. The number of aromatic nitrogens is 4. The van der Waals surface area contributed by atoms with Crippen LogP contribution in [-0.2, 0) is 25.5 Å². The largest absolute Gasteiger partial charge is 0.501 e. The first kappa shape index (κ1) is 42.1. The van der Waals surface area contributed by atoms with Crippen LogP contribution in [-0.4, -0.2) is 19.5 Å². The molecule has 339 valence electrons. The van der Waals surface area contributed by atoms with Gasteiger partial charge in [0.2, 0.25) is 0 Å². The van der Waals surface area contributed by atoms with E-state index in [-0.39, 0.29) is 48.7 Å². The number of furan rings is 2. The van der Waals surface area contributed by atoms with Gasteiger partial charge in [0, 0.05) is 69.2 Å². The van der Waals surface area contributed by atoms with E-state index in [1.165, 1.54) is 12.1 Å². The van der Waals surface area contributed by atoms with Gasteiger partial charge in [-0.2, -0.15) is 5.26 Å². The number of aryl methyl sites for hydroxylation is 1. The molecule has 0 saturated carbocycles. The molecule has 7 nitrogen and oxygen atoms in total. The summed E-state index contributed by atoms with van der Waals surface area (Å²) in [6.45, 7) is 12.6. The van der Waals surface area contributed by atoms with Crippen molar-refractivity contribution in [1.82, 2.24) is 19.5 Å². The molecule has 11 rings (SSSR count). The van der Waals surface area contributed by atoms with E-state index >= 15 is 0 Å². The van der Waals surface area contributed by atoms with E-state index in [4.69, 9.17) is 17.9 Å². The van der Waals surface area contributed by atoms with Crippen LogP contribution in [0.4, 0.5) is 4.39 Å². The Hall–Kier alpha value is -7.24.